The third kappa shape index (κ3) is 4.48. The second kappa shape index (κ2) is 6.38. The van der Waals surface area contributed by atoms with E-state index >= 15 is 0 Å². The van der Waals surface area contributed by atoms with Gasteiger partial charge in [-0.3, -0.25) is 0 Å². The molecule has 0 radical (unpaired) electrons. The second-order valence-corrected chi connectivity index (χ2v) is 6.90. The minimum absolute atomic E-state index is 0.0907. The number of hydrogen-bond acceptors (Lipinski definition) is 3. The van der Waals surface area contributed by atoms with Crippen molar-refractivity contribution in [2.24, 2.45) is 5.16 Å². The van der Waals surface area contributed by atoms with Gasteiger partial charge in [0.2, 0.25) is 0 Å². The Bertz CT molecular complexity index is 558. The highest BCUT2D eigenvalue weighted by Crippen LogP contribution is 2.18. The molecule has 5 heteroatoms. The van der Waals surface area contributed by atoms with Crippen LogP contribution in [0.15, 0.2) is 29.4 Å². The van der Waals surface area contributed by atoms with Gasteiger partial charge < -0.3 is 15.1 Å². The molecule has 0 fully saturated rings. The maximum absolute atomic E-state index is 12.1. The Morgan fingerprint density at radius 2 is 2.00 bits per heavy atom. The highest BCUT2D eigenvalue weighted by atomic mass is 16.6. The van der Waals surface area contributed by atoms with E-state index in [1.54, 1.807) is 11.9 Å². The SMILES string of the molecule is Cc1ccc(C2=NO[C@H](CN(C)C(=O)NC(C)(C)C)C2)cc1. The number of benzene rings is 1. The van der Waals surface area contributed by atoms with Crippen molar-refractivity contribution in [3.63, 3.8) is 0 Å². The van der Waals surface area contributed by atoms with Gasteiger partial charge >= 0.3 is 6.03 Å². The predicted octanol–water partition coefficient (Wildman–Crippen LogP) is 2.93. The van der Waals surface area contributed by atoms with Crippen molar-refractivity contribution < 1.29 is 9.63 Å². The number of hydrogen-bond donors (Lipinski definition) is 1. The van der Waals surface area contributed by atoms with Crippen molar-refractivity contribution in [1.29, 1.82) is 0 Å². The minimum atomic E-state index is -0.245. The summed E-state index contributed by atoms with van der Waals surface area (Å²) < 4.78 is 0. The molecule has 1 N–H and O–H groups in total. The summed E-state index contributed by atoms with van der Waals surface area (Å²) in [5, 5.41) is 7.10. The summed E-state index contributed by atoms with van der Waals surface area (Å²) in [6.07, 6.45) is 0.628. The molecule has 1 heterocycles. The molecule has 0 bridgehead atoms. The number of oxime groups is 1. The predicted molar refractivity (Wildman–Crippen MR) is 88.1 cm³/mol. The van der Waals surface area contributed by atoms with Gasteiger partial charge in [0.15, 0.2) is 6.10 Å². The van der Waals surface area contributed by atoms with E-state index in [1.165, 1.54) is 5.56 Å². The maximum Gasteiger partial charge on any atom is 0.317 e. The number of amides is 2. The summed E-state index contributed by atoms with van der Waals surface area (Å²) in [5.41, 5.74) is 2.99. The van der Waals surface area contributed by atoms with Gasteiger partial charge in [-0.25, -0.2) is 4.79 Å². The van der Waals surface area contributed by atoms with Gasteiger partial charge in [-0.05, 0) is 33.3 Å². The second-order valence-electron chi connectivity index (χ2n) is 6.90. The summed E-state index contributed by atoms with van der Waals surface area (Å²) in [6.45, 7) is 8.46. The van der Waals surface area contributed by atoms with Crippen LogP contribution in [-0.4, -0.2) is 41.9 Å². The molecule has 0 aromatic heterocycles. The molecule has 1 atom stereocenters. The number of nitrogens with zero attached hydrogens (tertiary/aromatic N) is 2. The van der Waals surface area contributed by atoms with E-state index < -0.39 is 0 Å². The highest BCUT2D eigenvalue weighted by Gasteiger charge is 2.26. The van der Waals surface area contributed by atoms with Crippen LogP contribution in [0, 0.1) is 6.92 Å². The van der Waals surface area contributed by atoms with Crippen molar-refractivity contribution in [2.45, 2.75) is 45.8 Å². The molecule has 0 saturated heterocycles. The zero-order chi connectivity index (χ0) is 16.3. The maximum atomic E-state index is 12.1. The fourth-order valence-corrected chi connectivity index (χ4v) is 2.25. The molecule has 1 aromatic carbocycles. The first-order valence-corrected chi connectivity index (χ1v) is 7.57. The van der Waals surface area contributed by atoms with Gasteiger partial charge in [0, 0.05) is 19.0 Å². The van der Waals surface area contributed by atoms with Gasteiger partial charge in [0.05, 0.1) is 12.3 Å². The number of likely N-dealkylation sites (N-methyl/N-ethyl adjacent to an activating group) is 1. The molecule has 1 aromatic rings. The summed E-state index contributed by atoms with van der Waals surface area (Å²) in [5.74, 6) is 0. The number of rotatable bonds is 3. The molecule has 0 saturated carbocycles. The smallest absolute Gasteiger partial charge is 0.317 e. The molecule has 22 heavy (non-hydrogen) atoms. The Morgan fingerprint density at radius 3 is 2.59 bits per heavy atom. The Kier molecular flexibility index (Phi) is 4.74. The number of nitrogens with one attached hydrogen (secondary N) is 1. The lowest BCUT2D eigenvalue weighted by Gasteiger charge is -2.26. The molecule has 1 aliphatic rings. The third-order valence-corrected chi connectivity index (χ3v) is 3.42. The van der Waals surface area contributed by atoms with Gasteiger partial charge in [-0.1, -0.05) is 35.0 Å². The van der Waals surface area contributed by atoms with E-state index in [2.05, 4.69) is 41.7 Å². The number of carbonyl (C=O) groups is 1. The van der Waals surface area contributed by atoms with E-state index in [1.807, 2.05) is 20.8 Å². The first kappa shape index (κ1) is 16.3. The van der Waals surface area contributed by atoms with Crippen LogP contribution in [0.4, 0.5) is 4.79 Å². The number of carbonyl (C=O) groups excluding carboxylic acids is 1. The van der Waals surface area contributed by atoms with Crippen molar-refractivity contribution in [2.75, 3.05) is 13.6 Å². The third-order valence-electron chi connectivity index (χ3n) is 3.42. The average Bonchev–Trinajstić information content (AvgIpc) is 2.86. The van der Waals surface area contributed by atoms with E-state index in [-0.39, 0.29) is 17.7 Å². The molecule has 5 nitrogen and oxygen atoms in total. The first-order valence-electron chi connectivity index (χ1n) is 7.57. The van der Waals surface area contributed by atoms with Crippen molar-refractivity contribution >= 4 is 11.7 Å². The fraction of sp³-hybridized carbons (Fsp3) is 0.529. The van der Waals surface area contributed by atoms with Crippen LogP contribution in [0.25, 0.3) is 0 Å². The van der Waals surface area contributed by atoms with E-state index in [9.17, 15) is 4.79 Å². The summed E-state index contributed by atoms with van der Waals surface area (Å²) in [7, 11) is 1.77. The average molecular weight is 303 g/mol. The van der Waals surface area contributed by atoms with Gasteiger partial charge in [-0.15, -0.1) is 0 Å². The lowest BCUT2D eigenvalue weighted by atomic mass is 10.0. The summed E-state index contributed by atoms with van der Waals surface area (Å²) in [4.78, 5) is 19.2. The zero-order valence-corrected chi connectivity index (χ0v) is 14.0. The molecule has 0 unspecified atom stereocenters. The standard InChI is InChI=1S/C17H25N3O2/c1-12-6-8-13(9-7-12)15-10-14(22-19-15)11-20(5)16(21)18-17(2,3)4/h6-9,14H,10-11H2,1-5H3,(H,18,21)/t14-/m0/s1. The fourth-order valence-electron chi connectivity index (χ4n) is 2.25. The van der Waals surface area contributed by atoms with E-state index in [0.717, 1.165) is 17.7 Å². The Balaban J connectivity index is 1.87. The molecular formula is C17H25N3O2. The van der Waals surface area contributed by atoms with E-state index in [0.29, 0.717) is 6.54 Å². The van der Waals surface area contributed by atoms with E-state index in [4.69, 9.17) is 4.84 Å². The summed E-state index contributed by atoms with van der Waals surface area (Å²) >= 11 is 0. The van der Waals surface area contributed by atoms with Gasteiger partial charge in [-0.2, -0.15) is 0 Å². The number of urea groups is 1. The Morgan fingerprint density at radius 1 is 1.36 bits per heavy atom. The zero-order valence-electron chi connectivity index (χ0n) is 14.0. The van der Waals surface area contributed by atoms with Crippen LogP contribution in [0.2, 0.25) is 0 Å². The van der Waals surface area contributed by atoms with Crippen LogP contribution in [-0.2, 0) is 4.84 Å². The van der Waals surface area contributed by atoms with Gasteiger partial charge in [0.1, 0.15) is 0 Å². The first-order chi connectivity index (χ1) is 10.2. The molecular weight excluding hydrogens is 278 g/mol. The number of aryl methyl sites for hydroxylation is 1. The largest absolute Gasteiger partial charge is 0.390 e. The van der Waals surface area contributed by atoms with Crippen LogP contribution >= 0.6 is 0 Å². The summed E-state index contributed by atoms with van der Waals surface area (Å²) in [6, 6.07) is 8.13. The minimum Gasteiger partial charge on any atom is -0.390 e. The lowest BCUT2D eigenvalue weighted by Crippen LogP contribution is -2.48. The van der Waals surface area contributed by atoms with Crippen LogP contribution < -0.4 is 5.32 Å². The van der Waals surface area contributed by atoms with Crippen molar-refractivity contribution in [1.82, 2.24) is 10.2 Å². The van der Waals surface area contributed by atoms with Gasteiger partial charge in [0.25, 0.3) is 0 Å². The van der Waals surface area contributed by atoms with Crippen molar-refractivity contribution in [3.8, 4) is 0 Å². The Hall–Kier alpha value is -2.04. The molecule has 120 valence electrons. The molecule has 0 aliphatic carbocycles. The normalized spacial score (nSPS) is 17.7. The molecule has 2 amide bonds. The monoisotopic (exact) mass is 303 g/mol. The molecule has 1 aliphatic heterocycles. The topological polar surface area (TPSA) is 53.9 Å². The highest BCUT2D eigenvalue weighted by molar-refractivity contribution is 6.01. The van der Waals surface area contributed by atoms with Crippen LogP contribution in [0.1, 0.15) is 38.3 Å². The van der Waals surface area contributed by atoms with Crippen molar-refractivity contribution in [3.05, 3.63) is 35.4 Å². The van der Waals surface area contributed by atoms with Crippen LogP contribution in [0.5, 0.6) is 0 Å². The quantitative estimate of drug-likeness (QED) is 0.933. The molecule has 2 rings (SSSR count). The van der Waals surface area contributed by atoms with Crippen LogP contribution in [0.3, 0.4) is 0 Å². The lowest BCUT2D eigenvalue weighted by molar-refractivity contribution is 0.0649. The Labute approximate surface area is 132 Å². The molecule has 0 spiro atoms.